The van der Waals surface area contributed by atoms with Crippen molar-refractivity contribution in [2.75, 3.05) is 13.7 Å². The average Bonchev–Trinajstić information content (AvgIpc) is 3.48. The molecule has 1 saturated carbocycles. The summed E-state index contributed by atoms with van der Waals surface area (Å²) in [6, 6.07) is 9.80. The van der Waals surface area contributed by atoms with Crippen molar-refractivity contribution in [3.8, 4) is 5.75 Å². The van der Waals surface area contributed by atoms with Gasteiger partial charge in [0, 0.05) is 31.0 Å². The Hall–Kier alpha value is -2.60. The number of pyridine rings is 1. The Morgan fingerprint density at radius 1 is 1.16 bits per heavy atom. The Kier molecular flexibility index (Phi) is 6.76. The lowest BCUT2D eigenvalue weighted by Gasteiger charge is -2.30. The van der Waals surface area contributed by atoms with E-state index < -0.39 is 0 Å². The number of rotatable bonds is 7. The highest BCUT2D eigenvalue weighted by atomic mass is 16.5. The smallest absolute Gasteiger partial charge is 0.263 e. The highest BCUT2D eigenvalue weighted by molar-refractivity contribution is 5.95. The van der Waals surface area contributed by atoms with E-state index in [1.165, 1.54) is 0 Å². The molecule has 2 aliphatic rings. The SMILES string of the molecule is COc1ccccc1CN(C(=O)c1c(C)ccn(CC2CCCO2)c1=O)C1CCCC1. The minimum atomic E-state index is -0.219. The van der Waals surface area contributed by atoms with E-state index in [2.05, 4.69) is 0 Å². The van der Waals surface area contributed by atoms with Crippen molar-refractivity contribution >= 4 is 5.91 Å². The van der Waals surface area contributed by atoms with Gasteiger partial charge in [0.25, 0.3) is 11.5 Å². The lowest BCUT2D eigenvalue weighted by atomic mass is 10.1. The molecule has 2 aromatic rings. The zero-order valence-electron chi connectivity index (χ0n) is 18.5. The molecule has 6 nitrogen and oxygen atoms in total. The molecule has 166 valence electrons. The number of nitrogens with zero attached hydrogens (tertiary/aromatic N) is 2. The van der Waals surface area contributed by atoms with Crippen molar-refractivity contribution < 1.29 is 14.3 Å². The van der Waals surface area contributed by atoms with E-state index in [0.717, 1.165) is 62.0 Å². The second-order valence-corrected chi connectivity index (χ2v) is 8.65. The van der Waals surface area contributed by atoms with Gasteiger partial charge < -0.3 is 18.9 Å². The van der Waals surface area contributed by atoms with Crippen molar-refractivity contribution in [1.29, 1.82) is 0 Å². The molecular weight excluding hydrogens is 392 g/mol. The van der Waals surface area contributed by atoms with Crippen LogP contribution >= 0.6 is 0 Å². The summed E-state index contributed by atoms with van der Waals surface area (Å²) < 4.78 is 12.9. The molecule has 1 saturated heterocycles. The summed E-state index contributed by atoms with van der Waals surface area (Å²) in [4.78, 5) is 29.1. The number of hydrogen-bond donors (Lipinski definition) is 0. The van der Waals surface area contributed by atoms with Gasteiger partial charge >= 0.3 is 0 Å². The highest BCUT2D eigenvalue weighted by Crippen LogP contribution is 2.29. The summed E-state index contributed by atoms with van der Waals surface area (Å²) in [6.45, 7) is 3.52. The number of methoxy groups -OCH3 is 1. The Bertz CT molecular complexity index is 972. The average molecular weight is 425 g/mol. The molecule has 0 N–H and O–H groups in total. The van der Waals surface area contributed by atoms with Gasteiger partial charge in [-0.15, -0.1) is 0 Å². The lowest BCUT2D eigenvalue weighted by Crippen LogP contribution is -2.42. The van der Waals surface area contributed by atoms with Gasteiger partial charge in [-0.2, -0.15) is 0 Å². The van der Waals surface area contributed by atoms with E-state index in [-0.39, 0.29) is 29.2 Å². The number of ether oxygens (including phenoxy) is 2. The molecule has 2 fully saturated rings. The summed E-state index contributed by atoms with van der Waals surface area (Å²) in [7, 11) is 1.64. The Morgan fingerprint density at radius 2 is 1.94 bits per heavy atom. The van der Waals surface area contributed by atoms with Gasteiger partial charge in [-0.05, 0) is 50.3 Å². The predicted octanol–water partition coefficient (Wildman–Crippen LogP) is 3.93. The Balaban J connectivity index is 1.67. The van der Waals surface area contributed by atoms with Gasteiger partial charge in [-0.25, -0.2) is 0 Å². The maximum atomic E-state index is 13.8. The molecule has 1 amide bonds. The van der Waals surface area contributed by atoms with E-state index in [1.54, 1.807) is 17.9 Å². The quantitative estimate of drug-likeness (QED) is 0.676. The first-order valence-electron chi connectivity index (χ1n) is 11.3. The van der Waals surface area contributed by atoms with Gasteiger partial charge in [0.2, 0.25) is 0 Å². The number of benzene rings is 1. The van der Waals surface area contributed by atoms with Crippen LogP contribution in [-0.2, 0) is 17.8 Å². The summed E-state index contributed by atoms with van der Waals surface area (Å²) in [5.41, 5.74) is 1.74. The molecule has 1 aliphatic heterocycles. The van der Waals surface area contributed by atoms with Crippen LogP contribution in [0.5, 0.6) is 5.75 Å². The van der Waals surface area contributed by atoms with Gasteiger partial charge in [0.1, 0.15) is 11.3 Å². The van der Waals surface area contributed by atoms with E-state index in [9.17, 15) is 9.59 Å². The number of carbonyl (C=O) groups is 1. The second-order valence-electron chi connectivity index (χ2n) is 8.65. The van der Waals surface area contributed by atoms with Crippen molar-refractivity contribution in [3.05, 3.63) is 63.6 Å². The van der Waals surface area contributed by atoms with E-state index >= 15 is 0 Å². The van der Waals surface area contributed by atoms with Gasteiger partial charge in [0.05, 0.1) is 19.8 Å². The molecular formula is C25H32N2O4. The Morgan fingerprint density at radius 3 is 2.65 bits per heavy atom. The molecule has 1 atom stereocenters. The minimum Gasteiger partial charge on any atom is -0.496 e. The number of hydrogen-bond acceptors (Lipinski definition) is 4. The molecule has 0 radical (unpaired) electrons. The maximum Gasteiger partial charge on any atom is 0.263 e. The zero-order valence-corrected chi connectivity index (χ0v) is 18.5. The maximum absolute atomic E-state index is 13.8. The number of amides is 1. The van der Waals surface area contributed by atoms with Crippen LogP contribution in [0.3, 0.4) is 0 Å². The van der Waals surface area contributed by atoms with E-state index in [0.29, 0.717) is 13.1 Å². The summed E-state index contributed by atoms with van der Waals surface area (Å²) in [6.07, 6.45) is 7.96. The van der Waals surface area contributed by atoms with Crippen LogP contribution in [0.4, 0.5) is 0 Å². The number of aromatic nitrogens is 1. The summed E-state index contributed by atoms with van der Waals surface area (Å²) in [5, 5.41) is 0. The lowest BCUT2D eigenvalue weighted by molar-refractivity contribution is 0.0657. The highest BCUT2D eigenvalue weighted by Gasteiger charge is 2.31. The molecule has 31 heavy (non-hydrogen) atoms. The number of para-hydroxylation sites is 1. The molecule has 6 heteroatoms. The van der Waals surface area contributed by atoms with Crippen molar-refractivity contribution in [2.24, 2.45) is 0 Å². The van der Waals surface area contributed by atoms with Crippen LogP contribution in [0.15, 0.2) is 41.3 Å². The third-order valence-corrected chi connectivity index (χ3v) is 6.57. The predicted molar refractivity (Wildman–Crippen MR) is 120 cm³/mol. The normalized spacial score (nSPS) is 19.0. The summed E-state index contributed by atoms with van der Waals surface area (Å²) in [5.74, 6) is 0.584. The van der Waals surface area contributed by atoms with Crippen LogP contribution in [0.2, 0.25) is 0 Å². The third kappa shape index (κ3) is 4.69. The standard InChI is InChI=1S/C25H32N2O4/c1-18-13-14-26(17-21-11-7-15-31-21)24(28)23(18)25(29)27(20-9-4-5-10-20)16-19-8-3-6-12-22(19)30-2/h3,6,8,12-14,20-21H,4-5,7,9-11,15-17H2,1-2H3. The van der Waals surface area contributed by atoms with Gasteiger partial charge in [-0.3, -0.25) is 9.59 Å². The molecule has 1 aliphatic carbocycles. The fraction of sp³-hybridized carbons (Fsp3) is 0.520. The van der Waals surface area contributed by atoms with Crippen molar-refractivity contribution in [3.63, 3.8) is 0 Å². The minimum absolute atomic E-state index is 0.0443. The largest absolute Gasteiger partial charge is 0.496 e. The van der Waals surface area contributed by atoms with Gasteiger partial charge in [0.15, 0.2) is 0 Å². The van der Waals surface area contributed by atoms with Crippen molar-refractivity contribution in [1.82, 2.24) is 9.47 Å². The van der Waals surface area contributed by atoms with Crippen LogP contribution in [0.25, 0.3) is 0 Å². The fourth-order valence-electron chi connectivity index (χ4n) is 4.82. The van der Waals surface area contributed by atoms with Crippen molar-refractivity contribution in [2.45, 2.75) is 70.7 Å². The number of carbonyl (C=O) groups excluding carboxylic acids is 1. The first-order chi connectivity index (χ1) is 15.1. The van der Waals surface area contributed by atoms with Gasteiger partial charge in [-0.1, -0.05) is 31.0 Å². The monoisotopic (exact) mass is 424 g/mol. The third-order valence-electron chi connectivity index (χ3n) is 6.57. The van der Waals surface area contributed by atoms with E-state index in [1.807, 2.05) is 42.2 Å². The fourth-order valence-corrected chi connectivity index (χ4v) is 4.82. The molecule has 1 aromatic heterocycles. The molecule has 0 spiro atoms. The number of aryl methyl sites for hydroxylation is 1. The Labute approximate surface area is 183 Å². The molecule has 0 bridgehead atoms. The van der Waals surface area contributed by atoms with Crippen LogP contribution in [-0.4, -0.2) is 41.2 Å². The first kappa shape index (κ1) is 21.6. The molecule has 1 unspecified atom stereocenters. The van der Waals surface area contributed by atoms with Crippen LogP contribution < -0.4 is 10.3 Å². The van der Waals surface area contributed by atoms with Crippen LogP contribution in [0, 0.1) is 6.92 Å². The topological polar surface area (TPSA) is 60.8 Å². The molecule has 4 rings (SSSR count). The second kappa shape index (κ2) is 9.69. The first-order valence-corrected chi connectivity index (χ1v) is 11.3. The zero-order chi connectivity index (χ0) is 21.8. The van der Waals surface area contributed by atoms with Crippen LogP contribution in [0.1, 0.15) is 60.0 Å². The summed E-state index contributed by atoms with van der Waals surface area (Å²) >= 11 is 0. The molecule has 1 aromatic carbocycles. The molecule has 2 heterocycles. The van der Waals surface area contributed by atoms with E-state index in [4.69, 9.17) is 9.47 Å².